The molecular weight excluding hydrogens is 1540 g/mol. The van der Waals surface area contributed by atoms with E-state index in [9.17, 15) is 32.3 Å². The van der Waals surface area contributed by atoms with Crippen molar-refractivity contribution in [3.05, 3.63) is 254 Å². The number of amides is 4. The molecule has 5 aromatic carbocycles. The van der Waals surface area contributed by atoms with Gasteiger partial charge in [-0.15, -0.1) is 0 Å². The van der Waals surface area contributed by atoms with Crippen molar-refractivity contribution < 1.29 is 70.2 Å². The van der Waals surface area contributed by atoms with E-state index in [-0.39, 0.29) is 59.2 Å². The highest BCUT2D eigenvalue weighted by Crippen LogP contribution is 2.49. The zero-order valence-electron chi connectivity index (χ0n) is 71.2. The number of hydrogen-bond donors (Lipinski definition) is 3. The minimum atomic E-state index is -4.52. The second-order valence-corrected chi connectivity index (χ2v) is 34.9. The van der Waals surface area contributed by atoms with Gasteiger partial charge in [0.2, 0.25) is 0 Å². The lowest BCUT2D eigenvalue weighted by atomic mass is 10.00. The summed E-state index contributed by atoms with van der Waals surface area (Å²) in [5, 5.41) is 8.37. The summed E-state index contributed by atoms with van der Waals surface area (Å²) in [5.41, 5.74) is 12.8. The summed E-state index contributed by atoms with van der Waals surface area (Å²) in [6, 6.07) is 48.8. The SMILES string of the molecule is Cc1cc(C)nc(NC(=O)COc2cccc3c2OC(C)(C)C3)c1.Cc1cccnc1CN(C(=O)COc1cccc2c1OC(C)(C)C2)c1ccc(C2CC2)c(C)n1.Cc1nc(NC(=O)C(Cc2ccccc2)Oc2cccc3c2OC(C)(C)C3)ccc1C1CC1.Cc1nc(NC(=O)COc2cc(C(F)(F)F)cc3c2OC(C)(C)C3)ccc1C1CC1. The zero-order chi connectivity index (χ0) is 85.9. The number of carbonyl (C=O) groups excluding carboxylic acids is 4. The van der Waals surface area contributed by atoms with E-state index >= 15 is 0 Å². The van der Waals surface area contributed by atoms with Gasteiger partial charge in [-0.2, -0.15) is 13.2 Å². The van der Waals surface area contributed by atoms with Gasteiger partial charge in [0, 0.05) is 83.3 Å². The van der Waals surface area contributed by atoms with Gasteiger partial charge in [-0.05, 0) is 253 Å². The molecule has 9 heterocycles. The van der Waals surface area contributed by atoms with Crippen LogP contribution in [0, 0.1) is 41.5 Å². The first kappa shape index (κ1) is 85.3. The van der Waals surface area contributed by atoms with E-state index in [2.05, 4.69) is 81.8 Å². The van der Waals surface area contributed by atoms with E-state index in [1.165, 1.54) is 42.4 Å². The molecule has 3 aliphatic carbocycles. The second-order valence-electron chi connectivity index (χ2n) is 34.9. The summed E-state index contributed by atoms with van der Waals surface area (Å²) >= 11 is 0. The fourth-order valence-corrected chi connectivity index (χ4v) is 15.8. The molecule has 0 radical (unpaired) electrons. The molecule has 3 fully saturated rings. The van der Waals surface area contributed by atoms with Gasteiger partial charge in [0.25, 0.3) is 23.6 Å². The molecule has 21 nitrogen and oxygen atoms in total. The van der Waals surface area contributed by atoms with E-state index < -0.39 is 36.0 Å². The van der Waals surface area contributed by atoms with Crippen molar-refractivity contribution in [2.75, 3.05) is 40.7 Å². The maximum Gasteiger partial charge on any atom is 0.416 e. The molecule has 1 unspecified atom stereocenters. The highest BCUT2D eigenvalue weighted by molar-refractivity contribution is 5.95. The van der Waals surface area contributed by atoms with Crippen molar-refractivity contribution in [1.82, 2.24) is 24.9 Å². The first-order valence-corrected chi connectivity index (χ1v) is 41.5. The highest BCUT2D eigenvalue weighted by atomic mass is 19.4. The third-order valence-corrected chi connectivity index (χ3v) is 21.8. The largest absolute Gasteiger partial charge is 0.483 e. The Morgan fingerprint density at radius 1 is 0.471 bits per heavy atom. The number of alkyl halides is 3. The lowest BCUT2D eigenvalue weighted by Gasteiger charge is -2.24. The number of ether oxygens (including phenoxy) is 8. The van der Waals surface area contributed by atoms with E-state index in [0.29, 0.717) is 83.2 Å². The van der Waals surface area contributed by atoms with Gasteiger partial charge in [-0.1, -0.05) is 91.0 Å². The number of aryl methyl sites for hydroxylation is 6. The quantitative estimate of drug-likeness (QED) is 0.0539. The standard InChI is InChI=1S/C28H31N3O3.C28H30N2O3.C22H23F3N2O3.C19H22N2O3/c1-18-7-6-14-29-23(18)16-31(25-13-12-22(19(2)30-25)20-10-11-20)26(32)17-33-24-9-5-8-21-15-28(3,4)34-27(21)24;1-18-22(20-12-13-20)14-15-25(29-18)30-27(31)24(16-19-8-5-4-6-9-19)32-23-11-7-10-21-17-28(2,3)33-26(21)23;1-12-16(13-4-5-13)6-7-18(26-12)27-19(28)11-29-17-9-15(22(23,24)25)8-14-10-21(2,3)30-20(14)17;1-12-8-13(2)20-16(9-12)21-17(22)11-23-15-7-5-6-14-10-19(3,4)24-18(14)15/h5-9,12-14,20H,10-11,15-17H2,1-4H3;4-11,14-15,20,24H,12-13,16-17H2,1-3H3,(H,29,30,31);6-9,13H,4-5,10-11H2,1-3H3,(H,26,27,28);5-9H,10-11H2,1-4H3,(H,20,21,22). The molecule has 0 saturated heterocycles. The van der Waals surface area contributed by atoms with Crippen molar-refractivity contribution in [2.24, 2.45) is 0 Å². The molecular formula is C97H106F3N9O12. The number of hydrogen-bond acceptors (Lipinski definition) is 17. The van der Waals surface area contributed by atoms with Crippen LogP contribution in [0.15, 0.2) is 164 Å². The van der Waals surface area contributed by atoms with Crippen LogP contribution < -0.4 is 58.7 Å². The number of halogens is 3. The van der Waals surface area contributed by atoms with Crippen molar-refractivity contribution in [3.8, 4) is 46.0 Å². The van der Waals surface area contributed by atoms with Crippen molar-refractivity contribution >= 4 is 46.9 Å². The van der Waals surface area contributed by atoms with Gasteiger partial charge in [0.15, 0.2) is 71.9 Å². The summed E-state index contributed by atoms with van der Waals surface area (Å²) < 4.78 is 87.2. The van der Waals surface area contributed by atoms with E-state index in [1.807, 2.05) is 177 Å². The van der Waals surface area contributed by atoms with Crippen LogP contribution in [-0.2, 0) is 64.0 Å². The van der Waals surface area contributed by atoms with Crippen LogP contribution in [0.5, 0.6) is 46.0 Å². The molecule has 0 bridgehead atoms. The lowest BCUT2D eigenvalue weighted by molar-refractivity contribution is -0.137. The van der Waals surface area contributed by atoms with Crippen molar-refractivity contribution in [1.29, 1.82) is 0 Å². The van der Waals surface area contributed by atoms with Crippen molar-refractivity contribution in [2.45, 2.75) is 227 Å². The third kappa shape index (κ3) is 22.1. The Bertz CT molecular complexity index is 5510. The number of nitrogens with zero attached hydrogens (tertiary/aromatic N) is 6. The Morgan fingerprint density at radius 3 is 1.43 bits per heavy atom. The van der Waals surface area contributed by atoms with Crippen molar-refractivity contribution in [3.63, 3.8) is 0 Å². The first-order valence-electron chi connectivity index (χ1n) is 41.5. The van der Waals surface area contributed by atoms with E-state index in [4.69, 9.17) is 42.9 Å². The Labute approximate surface area is 705 Å². The number of para-hydroxylation sites is 3. The molecule has 3 N–H and O–H groups in total. The van der Waals surface area contributed by atoms with E-state index in [0.717, 1.165) is 123 Å². The van der Waals surface area contributed by atoms with Gasteiger partial charge in [0.05, 0.1) is 17.8 Å². The summed E-state index contributed by atoms with van der Waals surface area (Å²) in [7, 11) is 0. The van der Waals surface area contributed by atoms with Crippen LogP contribution in [0.2, 0.25) is 0 Å². The van der Waals surface area contributed by atoms with Gasteiger partial charge in [0.1, 0.15) is 45.7 Å². The fraction of sp³-hybridized carbons (Fsp3) is 0.392. The first-order chi connectivity index (χ1) is 57.5. The molecule has 7 aliphatic rings. The summed E-state index contributed by atoms with van der Waals surface area (Å²) in [6.07, 6.45) is 6.92. The minimum Gasteiger partial charge on any atom is -0.483 e. The number of aromatic nitrogens is 5. The topological polar surface area (TPSA) is 246 Å². The smallest absolute Gasteiger partial charge is 0.416 e. The predicted octanol–water partition coefficient (Wildman–Crippen LogP) is 19.4. The van der Waals surface area contributed by atoms with Gasteiger partial charge in [-0.3, -0.25) is 29.1 Å². The number of benzene rings is 5. The Hall–Kier alpha value is -12.1. The number of rotatable bonds is 23. The summed E-state index contributed by atoms with van der Waals surface area (Å²) in [6.45, 7) is 27.3. The van der Waals surface area contributed by atoms with E-state index in [1.54, 1.807) is 31.0 Å². The summed E-state index contributed by atoms with van der Waals surface area (Å²) in [4.78, 5) is 75.6. The molecule has 10 aromatic rings. The molecule has 0 spiro atoms. The average molecular weight is 1650 g/mol. The number of carbonyl (C=O) groups is 4. The predicted molar refractivity (Wildman–Crippen MR) is 458 cm³/mol. The molecule has 24 heteroatoms. The average Bonchev–Trinajstić information content (AvgIpc) is 1.61. The monoisotopic (exact) mass is 1650 g/mol. The number of fused-ring (bicyclic) bond motifs is 4. The lowest BCUT2D eigenvalue weighted by Crippen LogP contribution is -2.36. The fourth-order valence-electron chi connectivity index (χ4n) is 15.8. The number of pyridine rings is 5. The molecule has 4 aliphatic heterocycles. The van der Waals surface area contributed by atoms with Gasteiger partial charge >= 0.3 is 6.18 Å². The number of nitrogens with one attached hydrogen (secondary N) is 3. The third-order valence-electron chi connectivity index (χ3n) is 21.8. The molecule has 1 atom stereocenters. The summed E-state index contributed by atoms with van der Waals surface area (Å²) in [5.74, 6) is 6.89. The van der Waals surface area contributed by atoms with Crippen LogP contribution in [0.4, 0.5) is 36.4 Å². The molecule has 121 heavy (non-hydrogen) atoms. The molecule has 632 valence electrons. The normalized spacial score (nSPS) is 16.3. The highest BCUT2D eigenvalue weighted by Gasteiger charge is 2.41. The molecule has 3 saturated carbocycles. The minimum absolute atomic E-state index is 0.0884. The Morgan fingerprint density at radius 2 is 0.934 bits per heavy atom. The zero-order valence-corrected chi connectivity index (χ0v) is 71.2. The maximum absolute atomic E-state index is 13.5. The van der Waals surface area contributed by atoms with Crippen LogP contribution in [0.3, 0.4) is 0 Å². The number of anilines is 4. The maximum atomic E-state index is 13.5. The van der Waals surface area contributed by atoms with Crippen LogP contribution in [0.25, 0.3) is 0 Å². The molecule has 4 amide bonds. The molecule has 17 rings (SSSR count). The van der Waals surface area contributed by atoms with Crippen LogP contribution in [-0.4, -0.2) is 96.9 Å². The van der Waals surface area contributed by atoms with Crippen LogP contribution in [0.1, 0.15) is 201 Å². The molecule has 5 aromatic heterocycles. The van der Waals surface area contributed by atoms with Crippen LogP contribution >= 0.6 is 0 Å². The second kappa shape index (κ2) is 35.3. The van der Waals surface area contributed by atoms with Gasteiger partial charge in [-0.25, -0.2) is 19.9 Å². The Balaban J connectivity index is 0.000000133. The van der Waals surface area contributed by atoms with Gasteiger partial charge < -0.3 is 53.8 Å². The Kier molecular flexibility index (Phi) is 24.9.